The molecule has 140 valence electrons. The lowest BCUT2D eigenvalue weighted by atomic mass is 10.1. The third kappa shape index (κ3) is 3.70. The lowest BCUT2D eigenvalue weighted by molar-refractivity contribution is 0.216. The highest BCUT2D eigenvalue weighted by atomic mass is 16.5. The number of hydrogen-bond donors (Lipinski definition) is 1. The van der Waals surface area contributed by atoms with Gasteiger partial charge in [0, 0.05) is 31.4 Å². The Morgan fingerprint density at radius 1 is 1.07 bits per heavy atom. The summed E-state index contributed by atoms with van der Waals surface area (Å²) in [5.74, 6) is 3.13. The minimum absolute atomic E-state index is 0.0308. The number of nitrogens with zero attached hydrogens (tertiary/aromatic N) is 3. The minimum atomic E-state index is -0.0534. The first-order valence-electron chi connectivity index (χ1n) is 8.63. The number of aromatic nitrogens is 3. The zero-order chi connectivity index (χ0) is 18.6. The molecule has 8 heteroatoms. The summed E-state index contributed by atoms with van der Waals surface area (Å²) < 4.78 is 22.1. The molecule has 1 N–H and O–H groups in total. The van der Waals surface area contributed by atoms with Gasteiger partial charge in [-0.3, -0.25) is 4.98 Å². The van der Waals surface area contributed by atoms with E-state index in [9.17, 15) is 0 Å². The average molecular weight is 368 g/mol. The van der Waals surface area contributed by atoms with Gasteiger partial charge in [-0.2, -0.15) is 4.98 Å². The molecule has 2 atom stereocenters. The highest BCUT2D eigenvalue weighted by Gasteiger charge is 2.31. The molecule has 3 aromatic rings. The number of methoxy groups -OCH3 is 2. The quantitative estimate of drug-likeness (QED) is 0.710. The van der Waals surface area contributed by atoms with Crippen molar-refractivity contribution >= 4 is 0 Å². The van der Waals surface area contributed by atoms with Crippen molar-refractivity contribution in [3.63, 3.8) is 0 Å². The van der Waals surface area contributed by atoms with E-state index in [-0.39, 0.29) is 12.1 Å². The zero-order valence-corrected chi connectivity index (χ0v) is 15.1. The number of benzene rings is 1. The standard InChI is InChI=1S/C19H20N4O4/c1-24-13-3-4-15(17(10-13)25-2)18-22-19(27-23-18)16-9-14(11-21-16)26-12-5-7-20-8-6-12/h3-8,10,14,16,21H,9,11H2,1-2H3/t14-,16-/m0/s1. The van der Waals surface area contributed by atoms with Gasteiger partial charge in [-0.25, -0.2) is 0 Å². The van der Waals surface area contributed by atoms with Crippen LogP contribution in [-0.2, 0) is 0 Å². The first-order valence-corrected chi connectivity index (χ1v) is 8.63. The fourth-order valence-electron chi connectivity index (χ4n) is 3.06. The monoisotopic (exact) mass is 368 g/mol. The maximum Gasteiger partial charge on any atom is 0.244 e. The molecule has 8 nitrogen and oxygen atoms in total. The van der Waals surface area contributed by atoms with Crippen LogP contribution >= 0.6 is 0 Å². The lowest BCUT2D eigenvalue weighted by Gasteiger charge is -2.11. The molecule has 1 aromatic carbocycles. The van der Waals surface area contributed by atoms with Gasteiger partial charge in [-0.05, 0) is 24.3 Å². The molecule has 0 spiro atoms. The summed E-state index contributed by atoms with van der Waals surface area (Å²) in [6, 6.07) is 9.10. The third-order valence-electron chi connectivity index (χ3n) is 4.43. The third-order valence-corrected chi connectivity index (χ3v) is 4.43. The Labute approximate surface area is 156 Å². The second-order valence-electron chi connectivity index (χ2n) is 6.14. The molecule has 2 aromatic heterocycles. The Hall–Kier alpha value is -3.13. The average Bonchev–Trinajstić information content (AvgIpc) is 3.38. The van der Waals surface area contributed by atoms with Crippen LogP contribution in [0.4, 0.5) is 0 Å². The highest BCUT2D eigenvalue weighted by molar-refractivity contribution is 5.65. The molecule has 0 unspecified atom stereocenters. The molecule has 3 heterocycles. The summed E-state index contributed by atoms with van der Waals surface area (Å²) in [5.41, 5.74) is 0.746. The molecule has 27 heavy (non-hydrogen) atoms. The predicted molar refractivity (Wildman–Crippen MR) is 96.9 cm³/mol. The van der Waals surface area contributed by atoms with Crippen molar-refractivity contribution in [3.8, 4) is 28.6 Å². The zero-order valence-electron chi connectivity index (χ0n) is 15.1. The van der Waals surface area contributed by atoms with Crippen LogP contribution in [0.25, 0.3) is 11.4 Å². The maximum atomic E-state index is 5.95. The van der Waals surface area contributed by atoms with Crippen molar-refractivity contribution in [1.29, 1.82) is 0 Å². The first-order chi connectivity index (χ1) is 13.3. The fraction of sp³-hybridized carbons (Fsp3) is 0.316. The van der Waals surface area contributed by atoms with Gasteiger partial charge in [-0.15, -0.1) is 0 Å². The molecule has 1 aliphatic heterocycles. The largest absolute Gasteiger partial charge is 0.497 e. The molecule has 0 amide bonds. The molecule has 0 bridgehead atoms. The van der Waals surface area contributed by atoms with Crippen molar-refractivity contribution in [2.24, 2.45) is 0 Å². The summed E-state index contributed by atoms with van der Waals surface area (Å²) in [6.07, 6.45) is 4.19. The van der Waals surface area contributed by atoms with E-state index in [0.29, 0.717) is 29.8 Å². The minimum Gasteiger partial charge on any atom is -0.497 e. The van der Waals surface area contributed by atoms with Gasteiger partial charge in [0.15, 0.2) is 0 Å². The van der Waals surface area contributed by atoms with E-state index in [1.807, 2.05) is 24.3 Å². The van der Waals surface area contributed by atoms with Gasteiger partial charge in [0.05, 0.1) is 25.8 Å². The van der Waals surface area contributed by atoms with E-state index >= 15 is 0 Å². The highest BCUT2D eigenvalue weighted by Crippen LogP contribution is 2.33. The second-order valence-corrected chi connectivity index (χ2v) is 6.14. The summed E-state index contributed by atoms with van der Waals surface area (Å²) in [5, 5.41) is 7.47. The van der Waals surface area contributed by atoms with Crippen molar-refractivity contribution in [2.75, 3.05) is 20.8 Å². The molecule has 4 rings (SSSR count). The Morgan fingerprint density at radius 3 is 2.70 bits per heavy atom. The van der Waals surface area contributed by atoms with E-state index in [0.717, 1.165) is 17.7 Å². The predicted octanol–water partition coefficient (Wildman–Crippen LogP) is 2.63. The van der Waals surface area contributed by atoms with E-state index < -0.39 is 0 Å². The Balaban J connectivity index is 1.47. The Morgan fingerprint density at radius 2 is 1.93 bits per heavy atom. The summed E-state index contributed by atoms with van der Waals surface area (Å²) in [7, 11) is 3.20. The Bertz CT molecular complexity index is 900. The molecule has 0 aliphatic carbocycles. The van der Waals surface area contributed by atoms with Crippen molar-refractivity contribution < 1.29 is 18.7 Å². The van der Waals surface area contributed by atoms with Crippen molar-refractivity contribution in [3.05, 3.63) is 48.6 Å². The van der Waals surface area contributed by atoms with Gasteiger partial charge in [-0.1, -0.05) is 5.16 Å². The summed E-state index contributed by atoms with van der Waals surface area (Å²) >= 11 is 0. The van der Waals surface area contributed by atoms with Crippen LogP contribution < -0.4 is 19.5 Å². The fourth-order valence-corrected chi connectivity index (χ4v) is 3.06. The second kappa shape index (κ2) is 7.63. The van der Waals surface area contributed by atoms with E-state index in [1.54, 1.807) is 32.7 Å². The normalized spacial score (nSPS) is 19.0. The lowest BCUT2D eigenvalue weighted by Crippen LogP contribution is -2.19. The molecule has 0 saturated carbocycles. The van der Waals surface area contributed by atoms with Crippen LogP contribution in [0.1, 0.15) is 18.4 Å². The first kappa shape index (κ1) is 17.3. The number of rotatable bonds is 6. The van der Waals surface area contributed by atoms with E-state index in [1.165, 1.54) is 0 Å². The van der Waals surface area contributed by atoms with Gasteiger partial charge >= 0.3 is 0 Å². The SMILES string of the molecule is COc1ccc(-c2noc([C@@H]3C[C@H](Oc4ccncc4)CN3)n2)c(OC)c1. The van der Waals surface area contributed by atoms with Gasteiger partial charge in [0.2, 0.25) is 11.7 Å². The summed E-state index contributed by atoms with van der Waals surface area (Å²) in [6.45, 7) is 0.705. The molecule has 0 radical (unpaired) electrons. The van der Waals surface area contributed by atoms with E-state index in [2.05, 4.69) is 20.4 Å². The van der Waals surface area contributed by atoms with Gasteiger partial charge < -0.3 is 24.1 Å². The molecule has 1 saturated heterocycles. The smallest absolute Gasteiger partial charge is 0.244 e. The van der Waals surface area contributed by atoms with Gasteiger partial charge in [0.1, 0.15) is 23.4 Å². The number of hydrogen-bond acceptors (Lipinski definition) is 8. The molecular formula is C19H20N4O4. The maximum absolute atomic E-state index is 5.95. The van der Waals surface area contributed by atoms with Crippen molar-refractivity contribution in [2.45, 2.75) is 18.6 Å². The molecular weight excluding hydrogens is 348 g/mol. The summed E-state index contributed by atoms with van der Waals surface area (Å²) in [4.78, 5) is 8.53. The van der Waals surface area contributed by atoms with Gasteiger partial charge in [0.25, 0.3) is 0 Å². The van der Waals surface area contributed by atoms with Crippen LogP contribution in [0.3, 0.4) is 0 Å². The number of nitrogens with one attached hydrogen (secondary N) is 1. The van der Waals surface area contributed by atoms with Crippen LogP contribution in [0.2, 0.25) is 0 Å². The van der Waals surface area contributed by atoms with Crippen LogP contribution in [0, 0.1) is 0 Å². The van der Waals surface area contributed by atoms with E-state index in [4.69, 9.17) is 18.7 Å². The molecule has 1 aliphatic rings. The number of ether oxygens (including phenoxy) is 3. The number of pyridine rings is 1. The Kier molecular flexibility index (Phi) is 4.88. The van der Waals surface area contributed by atoms with Crippen LogP contribution in [0.15, 0.2) is 47.2 Å². The van der Waals surface area contributed by atoms with Crippen molar-refractivity contribution in [1.82, 2.24) is 20.4 Å². The molecule has 1 fully saturated rings. The van der Waals surface area contributed by atoms with Crippen LogP contribution in [-0.4, -0.2) is 42.0 Å². The van der Waals surface area contributed by atoms with Crippen LogP contribution in [0.5, 0.6) is 17.2 Å². The topological polar surface area (TPSA) is 91.5 Å².